The smallest absolute Gasteiger partial charge is 0.253 e. The summed E-state index contributed by atoms with van der Waals surface area (Å²) in [5.74, 6) is -1.47. The van der Waals surface area contributed by atoms with Crippen molar-refractivity contribution in [1.29, 1.82) is 0 Å². The molecule has 1 unspecified atom stereocenters. The van der Waals surface area contributed by atoms with Crippen molar-refractivity contribution in [1.82, 2.24) is 10.2 Å². The summed E-state index contributed by atoms with van der Waals surface area (Å²) in [5, 5.41) is 6.34. The molecule has 6 nitrogen and oxygen atoms in total. The molecule has 9 heteroatoms. The molecule has 0 spiro atoms. The highest BCUT2D eigenvalue weighted by molar-refractivity contribution is 6.42. The highest BCUT2D eigenvalue weighted by Crippen LogP contribution is 2.25. The van der Waals surface area contributed by atoms with Gasteiger partial charge in [0.2, 0.25) is 11.8 Å². The summed E-state index contributed by atoms with van der Waals surface area (Å²) in [4.78, 5) is 39.0. The lowest BCUT2D eigenvalue weighted by Crippen LogP contribution is -2.51. The SMILES string of the molecule is CC(C)C(NC(=O)c1ccccc1Cl)C(=O)N(C)CC(=O)Nc1ccc(Cl)c(Cl)c1. The van der Waals surface area contributed by atoms with E-state index in [1.54, 1.807) is 50.2 Å². The Kier molecular flexibility index (Phi) is 8.53. The number of carbonyl (C=O) groups is 3. The normalized spacial score (nSPS) is 11.7. The lowest BCUT2D eigenvalue weighted by Gasteiger charge is -2.27. The molecule has 0 bridgehead atoms. The summed E-state index contributed by atoms with van der Waals surface area (Å²) in [6.07, 6.45) is 0. The van der Waals surface area contributed by atoms with E-state index in [9.17, 15) is 14.4 Å². The van der Waals surface area contributed by atoms with Crippen molar-refractivity contribution in [2.24, 2.45) is 5.92 Å². The fourth-order valence-electron chi connectivity index (χ4n) is 2.68. The van der Waals surface area contributed by atoms with Crippen LogP contribution in [0.1, 0.15) is 24.2 Å². The Bertz CT molecular complexity index is 950. The van der Waals surface area contributed by atoms with Crippen LogP contribution in [0.3, 0.4) is 0 Å². The van der Waals surface area contributed by atoms with E-state index < -0.39 is 23.8 Å². The number of likely N-dealkylation sites (N-methyl/N-ethyl adjacent to an activating group) is 1. The molecule has 2 aromatic carbocycles. The second-order valence-electron chi connectivity index (χ2n) is 7.05. The van der Waals surface area contributed by atoms with Crippen molar-refractivity contribution >= 4 is 58.2 Å². The van der Waals surface area contributed by atoms with Gasteiger partial charge in [0, 0.05) is 12.7 Å². The van der Waals surface area contributed by atoms with Crippen molar-refractivity contribution in [3.8, 4) is 0 Å². The van der Waals surface area contributed by atoms with Crippen LogP contribution in [0.15, 0.2) is 42.5 Å². The van der Waals surface area contributed by atoms with Gasteiger partial charge in [0.25, 0.3) is 5.91 Å². The third-order valence-corrected chi connectivity index (χ3v) is 5.37. The molecule has 0 aliphatic heterocycles. The van der Waals surface area contributed by atoms with Crippen LogP contribution in [0.4, 0.5) is 5.69 Å². The fourth-order valence-corrected chi connectivity index (χ4v) is 3.20. The van der Waals surface area contributed by atoms with Gasteiger partial charge in [-0.1, -0.05) is 60.8 Å². The second kappa shape index (κ2) is 10.7. The number of hydrogen-bond acceptors (Lipinski definition) is 3. The van der Waals surface area contributed by atoms with Gasteiger partial charge in [-0.05, 0) is 36.2 Å². The Labute approximate surface area is 190 Å². The lowest BCUT2D eigenvalue weighted by molar-refractivity contribution is -0.135. The molecule has 0 aliphatic rings. The lowest BCUT2D eigenvalue weighted by atomic mass is 10.0. The fraction of sp³-hybridized carbons (Fsp3) is 0.286. The maximum atomic E-state index is 12.9. The number of benzene rings is 2. The molecule has 0 aromatic heterocycles. The van der Waals surface area contributed by atoms with E-state index in [-0.39, 0.29) is 18.0 Å². The van der Waals surface area contributed by atoms with E-state index in [2.05, 4.69) is 10.6 Å². The number of nitrogens with zero attached hydrogens (tertiary/aromatic N) is 1. The molecule has 2 N–H and O–H groups in total. The van der Waals surface area contributed by atoms with Gasteiger partial charge < -0.3 is 15.5 Å². The zero-order valence-corrected chi connectivity index (χ0v) is 19.0. The molecule has 2 rings (SSSR count). The molecule has 0 aliphatic carbocycles. The van der Waals surface area contributed by atoms with E-state index in [4.69, 9.17) is 34.8 Å². The van der Waals surface area contributed by atoms with Crippen LogP contribution in [-0.4, -0.2) is 42.3 Å². The van der Waals surface area contributed by atoms with Crippen molar-refractivity contribution in [2.75, 3.05) is 18.9 Å². The number of nitrogens with one attached hydrogen (secondary N) is 2. The molecule has 3 amide bonds. The molecule has 0 saturated carbocycles. The van der Waals surface area contributed by atoms with E-state index in [1.165, 1.54) is 18.0 Å². The van der Waals surface area contributed by atoms with Gasteiger partial charge in [-0.3, -0.25) is 14.4 Å². The minimum atomic E-state index is -0.823. The zero-order chi connectivity index (χ0) is 22.4. The third kappa shape index (κ3) is 6.36. The van der Waals surface area contributed by atoms with Crippen LogP contribution in [0.5, 0.6) is 0 Å². The topological polar surface area (TPSA) is 78.5 Å². The molecule has 1 atom stereocenters. The Morgan fingerprint density at radius 2 is 1.63 bits per heavy atom. The number of hydrogen-bond donors (Lipinski definition) is 2. The molecule has 0 radical (unpaired) electrons. The summed E-state index contributed by atoms with van der Waals surface area (Å²) in [6, 6.07) is 10.4. The van der Waals surface area contributed by atoms with Crippen LogP contribution in [-0.2, 0) is 9.59 Å². The average Bonchev–Trinajstić information content (AvgIpc) is 2.68. The van der Waals surface area contributed by atoms with Crippen LogP contribution in [0, 0.1) is 5.92 Å². The Hall–Kier alpha value is -2.28. The monoisotopic (exact) mass is 469 g/mol. The first kappa shape index (κ1) is 24.0. The Morgan fingerprint density at radius 1 is 0.967 bits per heavy atom. The van der Waals surface area contributed by atoms with Crippen molar-refractivity contribution in [2.45, 2.75) is 19.9 Å². The quantitative estimate of drug-likeness (QED) is 0.625. The second-order valence-corrected chi connectivity index (χ2v) is 8.27. The standard InChI is InChI=1S/C21H22Cl3N3O3/c1-12(2)19(26-20(29)14-6-4-5-7-15(14)22)21(30)27(3)11-18(28)25-13-8-9-16(23)17(24)10-13/h4-10,12,19H,11H2,1-3H3,(H,25,28)(H,26,29). The van der Waals surface area contributed by atoms with E-state index >= 15 is 0 Å². The molecule has 0 heterocycles. The number of rotatable bonds is 7. The first-order valence-corrected chi connectivity index (χ1v) is 10.3. The van der Waals surface area contributed by atoms with E-state index in [0.29, 0.717) is 20.8 Å². The number of halogens is 3. The predicted octanol–water partition coefficient (Wildman–Crippen LogP) is 4.50. The minimum Gasteiger partial charge on any atom is -0.340 e. The molecular formula is C21H22Cl3N3O3. The Morgan fingerprint density at radius 3 is 2.23 bits per heavy atom. The molecule has 2 aromatic rings. The van der Waals surface area contributed by atoms with Crippen LogP contribution < -0.4 is 10.6 Å². The maximum Gasteiger partial charge on any atom is 0.253 e. The molecule has 0 saturated heterocycles. The largest absolute Gasteiger partial charge is 0.340 e. The zero-order valence-electron chi connectivity index (χ0n) is 16.7. The number of anilines is 1. The van der Waals surface area contributed by atoms with Crippen molar-refractivity contribution < 1.29 is 14.4 Å². The molecule has 30 heavy (non-hydrogen) atoms. The van der Waals surface area contributed by atoms with Gasteiger partial charge in [0.15, 0.2) is 0 Å². The highest BCUT2D eigenvalue weighted by atomic mass is 35.5. The van der Waals surface area contributed by atoms with Gasteiger partial charge in [-0.2, -0.15) is 0 Å². The Balaban J connectivity index is 2.03. The summed E-state index contributed by atoms with van der Waals surface area (Å²) < 4.78 is 0. The van der Waals surface area contributed by atoms with Crippen molar-refractivity contribution in [3.05, 3.63) is 63.1 Å². The predicted molar refractivity (Wildman–Crippen MR) is 120 cm³/mol. The van der Waals surface area contributed by atoms with Crippen molar-refractivity contribution in [3.63, 3.8) is 0 Å². The molecule has 0 fully saturated rings. The summed E-state index contributed by atoms with van der Waals surface area (Å²) >= 11 is 17.9. The van der Waals surface area contributed by atoms with Crippen LogP contribution in [0.25, 0.3) is 0 Å². The number of carbonyl (C=O) groups excluding carboxylic acids is 3. The average molecular weight is 471 g/mol. The summed E-state index contributed by atoms with van der Waals surface area (Å²) in [5.41, 5.74) is 0.736. The van der Waals surface area contributed by atoms with Crippen LogP contribution >= 0.6 is 34.8 Å². The third-order valence-electron chi connectivity index (χ3n) is 4.30. The van der Waals surface area contributed by atoms with Gasteiger partial charge in [0.05, 0.1) is 27.2 Å². The van der Waals surface area contributed by atoms with E-state index in [1.807, 2.05) is 0 Å². The first-order chi connectivity index (χ1) is 14.1. The van der Waals surface area contributed by atoms with Crippen LogP contribution in [0.2, 0.25) is 15.1 Å². The first-order valence-electron chi connectivity index (χ1n) is 9.15. The molecule has 160 valence electrons. The van der Waals surface area contributed by atoms with Gasteiger partial charge in [-0.25, -0.2) is 0 Å². The minimum absolute atomic E-state index is 0.204. The maximum absolute atomic E-state index is 12.9. The number of amides is 3. The van der Waals surface area contributed by atoms with Gasteiger partial charge >= 0.3 is 0 Å². The van der Waals surface area contributed by atoms with Gasteiger partial charge in [-0.15, -0.1) is 0 Å². The molecular weight excluding hydrogens is 449 g/mol. The highest BCUT2D eigenvalue weighted by Gasteiger charge is 2.28. The van der Waals surface area contributed by atoms with Gasteiger partial charge in [0.1, 0.15) is 6.04 Å². The summed E-state index contributed by atoms with van der Waals surface area (Å²) in [6.45, 7) is 3.41. The van der Waals surface area contributed by atoms with E-state index in [0.717, 1.165) is 0 Å². The summed E-state index contributed by atoms with van der Waals surface area (Å²) in [7, 11) is 1.49.